The van der Waals surface area contributed by atoms with E-state index >= 15 is 0 Å². The van der Waals surface area contributed by atoms with Gasteiger partial charge in [-0.3, -0.25) is 0 Å². The summed E-state index contributed by atoms with van der Waals surface area (Å²) >= 11 is 0. The van der Waals surface area contributed by atoms with Crippen LogP contribution in [0.25, 0.3) is 16.9 Å². The first-order valence-corrected chi connectivity index (χ1v) is 16.1. The van der Waals surface area contributed by atoms with Gasteiger partial charge in [0.1, 0.15) is 0 Å². The van der Waals surface area contributed by atoms with E-state index in [1.54, 1.807) is 0 Å². The van der Waals surface area contributed by atoms with E-state index < -0.39 is 69.6 Å². The molecule has 2 atom stereocenters. The van der Waals surface area contributed by atoms with Crippen LogP contribution >= 0.6 is 16.3 Å². The predicted octanol–water partition coefficient (Wildman–Crippen LogP) is -2.22. The van der Waals surface area contributed by atoms with Crippen LogP contribution in [0.4, 0.5) is 5.88 Å². The number of aromatic hydroxyl groups is 1. The van der Waals surface area contributed by atoms with Crippen LogP contribution in [-0.2, 0) is 24.9 Å². The van der Waals surface area contributed by atoms with Gasteiger partial charge in [0, 0.05) is 0 Å². The summed E-state index contributed by atoms with van der Waals surface area (Å²) in [5.41, 5.74) is 6.17. The Labute approximate surface area is 245 Å². The number of rotatable bonds is 2. The zero-order chi connectivity index (χ0) is 31.0. The number of nitrogens with zero attached hydrogens (tertiary/aromatic N) is 3. The molecule has 1 fully saturated rings. The average Bonchev–Trinajstić information content (AvgIpc) is 3.73. The molecule has 12 N–H and O–H groups in total. The second-order valence-electron chi connectivity index (χ2n) is 9.66. The van der Waals surface area contributed by atoms with Gasteiger partial charge in [-0.1, -0.05) is 0 Å². The Hall–Kier alpha value is -4.30. The Morgan fingerprint density at radius 2 is 1.95 bits per heavy atom. The number of anilines is 1. The SMILES string of the molecule is NC1=C2NCN(c3oc4c(c3O)O[PH](O)(O)O/C=C3/OC(n5cnc6c(=O)[nH]ccc65)=C(O[PH](O)(O)OC4)[C@@H]3O)C2NCN1. The second kappa shape index (κ2) is 10.1. The van der Waals surface area contributed by atoms with Crippen molar-refractivity contribution in [2.75, 3.05) is 18.2 Å². The van der Waals surface area contributed by atoms with E-state index in [1.165, 1.54) is 21.7 Å². The fourth-order valence-electron chi connectivity index (χ4n) is 4.89. The van der Waals surface area contributed by atoms with Gasteiger partial charge in [-0.25, -0.2) is 0 Å². The summed E-state index contributed by atoms with van der Waals surface area (Å²) in [5, 5.41) is 31.0. The minimum absolute atomic E-state index is 0.0158. The zero-order valence-electron chi connectivity index (χ0n) is 22.0. The molecule has 0 amide bonds. The number of aromatic amines is 1. The quantitative estimate of drug-likeness (QED) is 0.130. The van der Waals surface area contributed by atoms with Crippen molar-refractivity contribution in [1.29, 1.82) is 0 Å². The Morgan fingerprint density at radius 3 is 2.77 bits per heavy atom. The van der Waals surface area contributed by atoms with Crippen LogP contribution in [0.15, 0.2) is 57.1 Å². The summed E-state index contributed by atoms with van der Waals surface area (Å²) in [6, 6.07) is 1.46. The number of aliphatic hydroxyl groups excluding tert-OH is 1. The number of imidazole rings is 1. The molecule has 3 aromatic heterocycles. The first-order valence-electron chi connectivity index (χ1n) is 12.7. The molecule has 7 heterocycles. The fraction of sp³-hybridized carbons (Fsp3) is 0.238. The molecule has 0 radical (unpaired) electrons. The van der Waals surface area contributed by atoms with E-state index in [-0.39, 0.29) is 36.1 Å². The first-order chi connectivity index (χ1) is 20.9. The molecule has 1 saturated heterocycles. The van der Waals surface area contributed by atoms with Crippen molar-refractivity contribution in [1.82, 2.24) is 30.5 Å². The van der Waals surface area contributed by atoms with Gasteiger partial charge in [-0.15, -0.1) is 0 Å². The molecule has 0 saturated carbocycles. The van der Waals surface area contributed by atoms with Crippen molar-refractivity contribution in [3.8, 4) is 11.5 Å². The van der Waals surface area contributed by atoms with Gasteiger partial charge >= 0.3 is 245 Å². The molecule has 0 spiro atoms. The van der Waals surface area contributed by atoms with Gasteiger partial charge < -0.3 is 0 Å². The summed E-state index contributed by atoms with van der Waals surface area (Å²) in [6.07, 6.45) is 0.600. The Kier molecular flexibility index (Phi) is 6.55. The molecule has 2 bridgehead atoms. The van der Waals surface area contributed by atoms with Crippen LogP contribution in [0, 0.1) is 0 Å². The van der Waals surface area contributed by atoms with Crippen molar-refractivity contribution in [3.05, 3.63) is 64.0 Å². The maximum absolute atomic E-state index is 12.2. The molecule has 44 heavy (non-hydrogen) atoms. The van der Waals surface area contributed by atoms with Crippen LogP contribution < -0.4 is 36.7 Å². The van der Waals surface area contributed by atoms with Gasteiger partial charge in [0.2, 0.25) is 0 Å². The fourth-order valence-corrected chi connectivity index (χ4v) is 6.55. The number of H-pyrrole nitrogens is 1. The maximum atomic E-state index is 12.2. The van der Waals surface area contributed by atoms with Crippen molar-refractivity contribution < 1.29 is 57.0 Å². The first kappa shape index (κ1) is 28.5. The molecule has 21 nitrogen and oxygen atoms in total. The van der Waals surface area contributed by atoms with E-state index in [0.717, 1.165) is 6.33 Å². The summed E-state index contributed by atoms with van der Waals surface area (Å²) in [7, 11) is -10.5. The van der Waals surface area contributed by atoms with Gasteiger partial charge in [0.05, 0.1) is 0 Å². The van der Waals surface area contributed by atoms with Crippen LogP contribution in [0.2, 0.25) is 0 Å². The number of ether oxygens (including phenoxy) is 1. The van der Waals surface area contributed by atoms with Crippen LogP contribution in [0.3, 0.4) is 0 Å². The van der Waals surface area contributed by atoms with Crippen molar-refractivity contribution in [3.63, 3.8) is 0 Å². The van der Waals surface area contributed by atoms with Crippen molar-refractivity contribution >= 4 is 39.1 Å². The molecule has 23 heteroatoms. The van der Waals surface area contributed by atoms with Gasteiger partial charge in [0.25, 0.3) is 0 Å². The third kappa shape index (κ3) is 4.72. The molecule has 0 aliphatic carbocycles. The topological polar surface area (TPSA) is 297 Å². The second-order valence-corrected chi connectivity index (χ2v) is 12.8. The molecule has 4 aliphatic heterocycles. The van der Waals surface area contributed by atoms with E-state index in [9.17, 15) is 34.6 Å². The standard InChI is InChI=1S/C21H26N8O13P2/c22-17-12-18(25-5-24-17)29(7-27-12)20-14(31)15-10(40-20)4-38-44(35,36)42-16-13(30)9(3-37-43(33,34)41-15)39-21(16)28-6-26-11-8(28)1-2-23-19(11)32/h1-3,6,13,18,24-25,27,30-31,33-36,43-44H,4-5,7,22H2,(H,23,32)/b9-3+/t13-,18?/m1/s1. The van der Waals surface area contributed by atoms with E-state index in [1.807, 2.05) is 0 Å². The molecule has 4 aliphatic rings. The molecule has 3 aromatic rings. The van der Waals surface area contributed by atoms with E-state index in [0.29, 0.717) is 17.8 Å². The monoisotopic (exact) mass is 660 g/mol. The Morgan fingerprint density at radius 1 is 1.14 bits per heavy atom. The third-order valence-corrected chi connectivity index (χ3v) is 8.78. The number of aliphatic hydroxyl groups is 1. The molecular weight excluding hydrogens is 634 g/mol. The van der Waals surface area contributed by atoms with Crippen LogP contribution in [-0.4, -0.2) is 69.9 Å². The summed E-state index contributed by atoms with van der Waals surface area (Å²) in [4.78, 5) is 63.0. The zero-order valence-corrected chi connectivity index (χ0v) is 24.0. The van der Waals surface area contributed by atoms with E-state index in [2.05, 4.69) is 25.9 Å². The normalized spacial score (nSPS) is 26.9. The Balaban J connectivity index is 1.27. The molecule has 0 aromatic carbocycles. The van der Waals surface area contributed by atoms with Gasteiger partial charge in [0.15, 0.2) is 0 Å². The van der Waals surface area contributed by atoms with Gasteiger partial charge in [-0.2, -0.15) is 0 Å². The number of fused-ring (bicyclic) bond motifs is 5. The summed E-state index contributed by atoms with van der Waals surface area (Å²) < 4.78 is 33.4. The molecular formula is C21H26N8O13P2. The number of nitrogens with one attached hydrogen (secondary N) is 4. The van der Waals surface area contributed by atoms with Gasteiger partial charge in [-0.05, 0) is 0 Å². The van der Waals surface area contributed by atoms with Crippen LogP contribution in [0.1, 0.15) is 5.76 Å². The number of hydrogen-bond donors (Lipinski definition) is 11. The molecule has 1 unspecified atom stereocenters. The predicted molar refractivity (Wildman–Crippen MR) is 149 cm³/mol. The third-order valence-electron chi connectivity index (χ3n) is 6.88. The summed E-state index contributed by atoms with van der Waals surface area (Å²) in [5.74, 6) is -3.10. The molecule has 7 rings (SSSR count). The Bertz CT molecular complexity index is 1810. The number of pyridine rings is 1. The molecule has 238 valence electrons. The number of nitrogens with two attached hydrogens (primary N) is 1. The van der Waals surface area contributed by atoms with Crippen LogP contribution in [0.5, 0.6) is 11.5 Å². The average molecular weight is 660 g/mol. The van der Waals surface area contributed by atoms with E-state index in [4.69, 9.17) is 33.0 Å². The number of furan rings is 1. The minimum atomic E-state index is -5.25. The number of aromatic nitrogens is 3. The van der Waals surface area contributed by atoms with Crippen molar-refractivity contribution in [2.45, 2.75) is 18.9 Å². The summed E-state index contributed by atoms with van der Waals surface area (Å²) in [6.45, 7) is -0.480. The van der Waals surface area contributed by atoms with Crippen molar-refractivity contribution in [2.24, 2.45) is 5.73 Å². The number of hydrogen-bond acceptors (Lipinski definition) is 19.